The second kappa shape index (κ2) is 2.83. The van der Waals surface area contributed by atoms with Gasteiger partial charge in [0.1, 0.15) is 0 Å². The molecular formula is C5H9IN2O. The molecule has 2 unspecified atom stereocenters. The lowest BCUT2D eigenvalue weighted by molar-refractivity contribution is -0.123. The van der Waals surface area contributed by atoms with Gasteiger partial charge in [0.25, 0.3) is 0 Å². The van der Waals surface area contributed by atoms with Gasteiger partial charge in [0.05, 0.1) is 3.92 Å². The van der Waals surface area contributed by atoms with Gasteiger partial charge in [-0.05, 0) is 13.3 Å². The van der Waals surface area contributed by atoms with Crippen LogP contribution in [0.15, 0.2) is 0 Å². The van der Waals surface area contributed by atoms with Gasteiger partial charge in [-0.2, -0.15) is 0 Å². The number of hydrazine groups is 1. The summed E-state index contributed by atoms with van der Waals surface area (Å²) in [6.07, 6.45) is 0.923. The molecule has 1 rings (SSSR count). The molecule has 1 heterocycles. The molecule has 0 radical (unpaired) electrons. The second-order valence-corrected chi connectivity index (χ2v) is 3.74. The highest BCUT2D eigenvalue weighted by Crippen LogP contribution is 2.11. The highest BCUT2D eigenvalue weighted by atomic mass is 127. The van der Waals surface area contributed by atoms with Gasteiger partial charge in [-0.15, -0.1) is 0 Å². The van der Waals surface area contributed by atoms with E-state index in [1.54, 1.807) is 0 Å². The van der Waals surface area contributed by atoms with Crippen LogP contribution in [0.3, 0.4) is 0 Å². The van der Waals surface area contributed by atoms with Crippen molar-refractivity contribution in [2.45, 2.75) is 23.3 Å². The third kappa shape index (κ3) is 1.79. The number of nitrogens with one attached hydrogen (secondary N) is 2. The minimum Gasteiger partial charge on any atom is -0.290 e. The van der Waals surface area contributed by atoms with Crippen molar-refractivity contribution in [2.75, 3.05) is 0 Å². The van der Waals surface area contributed by atoms with Crippen molar-refractivity contribution in [2.24, 2.45) is 0 Å². The van der Waals surface area contributed by atoms with Crippen molar-refractivity contribution >= 4 is 28.5 Å². The lowest BCUT2D eigenvalue weighted by Crippen LogP contribution is -2.52. The van der Waals surface area contributed by atoms with Crippen molar-refractivity contribution in [1.82, 2.24) is 10.9 Å². The van der Waals surface area contributed by atoms with Gasteiger partial charge in [-0.1, -0.05) is 22.6 Å². The van der Waals surface area contributed by atoms with E-state index in [2.05, 4.69) is 33.4 Å². The minimum absolute atomic E-state index is 0.0914. The summed E-state index contributed by atoms with van der Waals surface area (Å²) in [5.74, 6) is 0.0914. The Morgan fingerprint density at radius 2 is 2.44 bits per heavy atom. The highest BCUT2D eigenvalue weighted by Gasteiger charge is 2.22. The first-order valence-corrected chi connectivity index (χ1v) is 4.14. The molecule has 0 aromatic heterocycles. The summed E-state index contributed by atoms with van der Waals surface area (Å²) in [6, 6.07) is 0.407. The van der Waals surface area contributed by atoms with E-state index in [1.165, 1.54) is 0 Å². The summed E-state index contributed by atoms with van der Waals surface area (Å²) in [5, 5.41) is 0. The van der Waals surface area contributed by atoms with Crippen molar-refractivity contribution in [3.63, 3.8) is 0 Å². The molecule has 1 saturated heterocycles. The van der Waals surface area contributed by atoms with Gasteiger partial charge in [-0.25, -0.2) is 5.43 Å². The molecule has 1 fully saturated rings. The molecule has 4 heteroatoms. The first kappa shape index (κ1) is 7.27. The fourth-order valence-corrected chi connectivity index (χ4v) is 1.67. The third-order valence-electron chi connectivity index (χ3n) is 1.29. The Balaban J connectivity index is 2.44. The van der Waals surface area contributed by atoms with Gasteiger partial charge in [0.15, 0.2) is 0 Å². The quantitative estimate of drug-likeness (QED) is 0.469. The third-order valence-corrected chi connectivity index (χ3v) is 2.36. The van der Waals surface area contributed by atoms with E-state index in [4.69, 9.17) is 0 Å². The second-order valence-electron chi connectivity index (χ2n) is 2.24. The summed E-state index contributed by atoms with van der Waals surface area (Å²) >= 11 is 2.15. The largest absolute Gasteiger partial charge is 0.290 e. The van der Waals surface area contributed by atoms with Crippen LogP contribution in [0.4, 0.5) is 0 Å². The summed E-state index contributed by atoms with van der Waals surface area (Å²) in [5.41, 5.74) is 5.44. The van der Waals surface area contributed by atoms with Crippen molar-refractivity contribution in [3.05, 3.63) is 0 Å². The maximum atomic E-state index is 10.8. The fourth-order valence-electron chi connectivity index (χ4n) is 0.749. The fraction of sp³-hybridized carbons (Fsp3) is 0.800. The van der Waals surface area contributed by atoms with Crippen LogP contribution in [-0.2, 0) is 4.79 Å². The van der Waals surface area contributed by atoms with Gasteiger partial charge in [-0.3, -0.25) is 10.2 Å². The lowest BCUT2D eigenvalue weighted by atomic mass is 10.1. The van der Waals surface area contributed by atoms with Crippen molar-refractivity contribution in [1.29, 1.82) is 0 Å². The molecule has 0 aliphatic carbocycles. The molecule has 9 heavy (non-hydrogen) atoms. The summed E-state index contributed by atoms with van der Waals surface area (Å²) < 4.78 is 0.138. The Bertz CT molecular complexity index is 128. The van der Waals surface area contributed by atoms with E-state index in [0.717, 1.165) is 6.42 Å². The normalized spacial score (nSPS) is 36.0. The lowest BCUT2D eigenvalue weighted by Gasteiger charge is -2.23. The van der Waals surface area contributed by atoms with Crippen molar-refractivity contribution in [3.8, 4) is 0 Å². The van der Waals surface area contributed by atoms with Crippen LogP contribution in [0.25, 0.3) is 0 Å². The van der Waals surface area contributed by atoms with Crippen LogP contribution >= 0.6 is 22.6 Å². The molecule has 0 aromatic carbocycles. The SMILES string of the molecule is CC1CC(I)C(=O)NN1. The van der Waals surface area contributed by atoms with Crippen molar-refractivity contribution < 1.29 is 4.79 Å². The van der Waals surface area contributed by atoms with E-state index in [-0.39, 0.29) is 9.83 Å². The molecule has 0 spiro atoms. The molecule has 1 aliphatic rings. The molecule has 0 aromatic rings. The number of amides is 1. The molecular weight excluding hydrogens is 231 g/mol. The first-order chi connectivity index (χ1) is 4.20. The van der Waals surface area contributed by atoms with E-state index in [0.29, 0.717) is 6.04 Å². The van der Waals surface area contributed by atoms with Gasteiger partial charge in [0.2, 0.25) is 5.91 Å². The number of carbonyl (C=O) groups excluding carboxylic acids is 1. The van der Waals surface area contributed by atoms with Gasteiger partial charge < -0.3 is 0 Å². The standard InChI is InChI=1S/C5H9IN2O/c1-3-2-4(6)5(9)8-7-3/h3-4,7H,2H2,1H3,(H,8,9). The molecule has 52 valence electrons. The number of rotatable bonds is 0. The first-order valence-electron chi connectivity index (χ1n) is 2.89. The number of hydrogen-bond acceptors (Lipinski definition) is 2. The predicted molar refractivity (Wildman–Crippen MR) is 43.2 cm³/mol. The van der Waals surface area contributed by atoms with E-state index >= 15 is 0 Å². The Morgan fingerprint density at radius 1 is 1.78 bits per heavy atom. The average Bonchev–Trinajstić information content (AvgIpc) is 1.80. The van der Waals surface area contributed by atoms with Crippen LogP contribution in [0.2, 0.25) is 0 Å². The van der Waals surface area contributed by atoms with Gasteiger partial charge >= 0.3 is 0 Å². The van der Waals surface area contributed by atoms with Gasteiger partial charge in [0, 0.05) is 6.04 Å². The topological polar surface area (TPSA) is 41.1 Å². The Kier molecular flexibility index (Phi) is 2.29. The molecule has 1 aliphatic heterocycles. The summed E-state index contributed by atoms with van der Waals surface area (Å²) in [7, 11) is 0. The van der Waals surface area contributed by atoms with Crippen LogP contribution < -0.4 is 10.9 Å². The van der Waals surface area contributed by atoms with Crippen LogP contribution in [0, 0.1) is 0 Å². The smallest absolute Gasteiger partial charge is 0.247 e. The number of carbonyl (C=O) groups is 1. The molecule has 0 bridgehead atoms. The number of hydrogen-bond donors (Lipinski definition) is 2. The zero-order valence-corrected chi connectivity index (χ0v) is 7.31. The minimum atomic E-state index is 0.0914. The molecule has 2 N–H and O–H groups in total. The summed E-state index contributed by atoms with van der Waals surface area (Å²) in [6.45, 7) is 2.05. The van der Waals surface area contributed by atoms with Crippen LogP contribution in [-0.4, -0.2) is 15.9 Å². The van der Waals surface area contributed by atoms with E-state index in [1.807, 2.05) is 6.92 Å². The zero-order valence-electron chi connectivity index (χ0n) is 5.15. The molecule has 0 saturated carbocycles. The highest BCUT2D eigenvalue weighted by molar-refractivity contribution is 14.1. The Morgan fingerprint density at radius 3 is 2.89 bits per heavy atom. The maximum Gasteiger partial charge on any atom is 0.247 e. The Labute approximate surface area is 67.7 Å². The van der Waals surface area contributed by atoms with Crippen LogP contribution in [0.1, 0.15) is 13.3 Å². The number of alkyl halides is 1. The number of halogens is 1. The van der Waals surface area contributed by atoms with Crippen LogP contribution in [0.5, 0.6) is 0 Å². The maximum absolute atomic E-state index is 10.8. The van der Waals surface area contributed by atoms with E-state index < -0.39 is 0 Å². The molecule has 2 atom stereocenters. The molecule has 1 amide bonds. The molecule has 3 nitrogen and oxygen atoms in total. The summed E-state index contributed by atoms with van der Waals surface area (Å²) in [4.78, 5) is 10.8. The zero-order chi connectivity index (χ0) is 6.85. The predicted octanol–water partition coefficient (Wildman–Crippen LogP) is 0.203. The Hall–Kier alpha value is 0.160. The monoisotopic (exact) mass is 240 g/mol. The average molecular weight is 240 g/mol. The van der Waals surface area contributed by atoms with E-state index in [9.17, 15) is 4.79 Å².